The fourth-order valence-electron chi connectivity index (χ4n) is 2.19. The zero-order valence-electron chi connectivity index (χ0n) is 9.40. The number of hydrogen-bond acceptors (Lipinski definition) is 0. The fraction of sp³-hybridized carbons (Fsp3) is 1.00. The van der Waals surface area contributed by atoms with E-state index in [4.69, 9.17) is 0 Å². The topological polar surface area (TPSA) is 0 Å². The molecule has 0 heteroatoms. The van der Waals surface area contributed by atoms with E-state index >= 15 is 0 Å². The van der Waals surface area contributed by atoms with Crippen molar-refractivity contribution in [3.63, 3.8) is 0 Å². The average molecular weight is 170 g/mol. The lowest BCUT2D eigenvalue weighted by atomic mass is 9.78. The minimum Gasteiger partial charge on any atom is -0.0683 e. The van der Waals surface area contributed by atoms with Crippen molar-refractivity contribution in [2.45, 2.75) is 66.2 Å². The molecule has 0 aromatic heterocycles. The Morgan fingerprint density at radius 1 is 1.08 bits per heavy atom. The Labute approximate surface area is 78.8 Å². The molecule has 1 fully saturated rings. The van der Waals surface area contributed by atoms with Crippen LogP contribution >= 0.6 is 0 Å². The molecule has 0 amide bonds. The van der Waals surface area contributed by atoms with E-state index in [1.54, 1.807) is 0 Å². The summed E-state index contributed by atoms with van der Waals surface area (Å²) < 4.78 is 0. The van der Waals surface area contributed by atoms with E-state index in [0.717, 1.165) is 11.8 Å². The summed E-state index contributed by atoms with van der Waals surface area (Å²) in [7, 11) is 0. The van der Waals surface area contributed by atoms with Crippen LogP contribution < -0.4 is 0 Å². The van der Waals surface area contributed by atoms with Crippen LogP contribution in [0.25, 0.3) is 0 Å². The molecule has 74 valence electrons. The van der Waals surface area contributed by atoms with E-state index < -0.39 is 0 Å². The molecule has 0 aromatic rings. The second-order valence-electron chi connectivity index (χ2n) is 3.81. The fourth-order valence-corrected chi connectivity index (χ4v) is 2.19. The van der Waals surface area contributed by atoms with Crippen molar-refractivity contribution in [2.24, 2.45) is 11.8 Å². The van der Waals surface area contributed by atoms with Gasteiger partial charge in [-0.1, -0.05) is 66.2 Å². The Hall–Kier alpha value is 0. The zero-order valence-corrected chi connectivity index (χ0v) is 9.40. The van der Waals surface area contributed by atoms with Gasteiger partial charge >= 0.3 is 0 Å². The summed E-state index contributed by atoms with van der Waals surface area (Å²) in [5, 5.41) is 0. The predicted molar refractivity (Wildman–Crippen MR) is 57.4 cm³/mol. The van der Waals surface area contributed by atoms with Gasteiger partial charge in [0.2, 0.25) is 0 Å². The van der Waals surface area contributed by atoms with Crippen molar-refractivity contribution >= 4 is 0 Å². The Morgan fingerprint density at radius 3 is 2.17 bits per heavy atom. The van der Waals surface area contributed by atoms with Crippen LogP contribution in [0.5, 0.6) is 0 Å². The molecule has 12 heavy (non-hydrogen) atoms. The van der Waals surface area contributed by atoms with Crippen molar-refractivity contribution in [2.75, 3.05) is 0 Å². The van der Waals surface area contributed by atoms with Crippen LogP contribution in [0.4, 0.5) is 0 Å². The lowest BCUT2D eigenvalue weighted by Crippen LogP contribution is -2.15. The maximum Gasteiger partial charge on any atom is -0.0389 e. The van der Waals surface area contributed by atoms with Crippen molar-refractivity contribution in [3.05, 3.63) is 0 Å². The molecular formula is C12H26. The van der Waals surface area contributed by atoms with Crippen molar-refractivity contribution in [3.8, 4) is 0 Å². The van der Waals surface area contributed by atoms with Crippen molar-refractivity contribution in [1.29, 1.82) is 0 Å². The highest BCUT2D eigenvalue weighted by atomic mass is 14.2. The van der Waals surface area contributed by atoms with Gasteiger partial charge in [-0.25, -0.2) is 0 Å². The molecule has 0 radical (unpaired) electrons. The molecule has 0 N–H and O–H groups in total. The van der Waals surface area contributed by atoms with Crippen LogP contribution in [0.2, 0.25) is 0 Å². The lowest BCUT2D eigenvalue weighted by molar-refractivity contribution is 0.240. The summed E-state index contributed by atoms with van der Waals surface area (Å²) in [5.41, 5.74) is 0. The molecule has 0 bridgehead atoms. The van der Waals surface area contributed by atoms with E-state index in [1.807, 2.05) is 13.8 Å². The van der Waals surface area contributed by atoms with Crippen LogP contribution in [-0.4, -0.2) is 0 Å². The average Bonchev–Trinajstić information content (AvgIpc) is 2.13. The molecule has 1 rings (SSSR count). The first kappa shape index (κ1) is 12.0. The Balaban J connectivity index is 0.000000561. The van der Waals surface area contributed by atoms with Gasteiger partial charge in [-0.05, 0) is 11.8 Å². The second-order valence-corrected chi connectivity index (χ2v) is 3.81. The van der Waals surface area contributed by atoms with Gasteiger partial charge in [0.1, 0.15) is 0 Å². The van der Waals surface area contributed by atoms with Crippen LogP contribution in [0, 0.1) is 11.8 Å². The first-order valence-corrected chi connectivity index (χ1v) is 5.84. The van der Waals surface area contributed by atoms with Gasteiger partial charge < -0.3 is 0 Å². The van der Waals surface area contributed by atoms with Crippen molar-refractivity contribution in [1.82, 2.24) is 0 Å². The van der Waals surface area contributed by atoms with Crippen LogP contribution in [-0.2, 0) is 0 Å². The third kappa shape index (κ3) is 4.13. The molecule has 0 aromatic carbocycles. The molecular weight excluding hydrogens is 144 g/mol. The minimum atomic E-state index is 1.02. The molecule has 0 spiro atoms. The summed E-state index contributed by atoms with van der Waals surface area (Å²) in [6.45, 7) is 8.74. The molecule has 0 heterocycles. The summed E-state index contributed by atoms with van der Waals surface area (Å²) in [5.74, 6) is 2.09. The molecule has 2 unspecified atom stereocenters. The summed E-state index contributed by atoms with van der Waals surface area (Å²) >= 11 is 0. The molecule has 2 atom stereocenters. The zero-order chi connectivity index (χ0) is 9.40. The SMILES string of the molecule is CC.CCCC1CCCCC1C. The van der Waals surface area contributed by atoms with Gasteiger partial charge in [-0.3, -0.25) is 0 Å². The third-order valence-electron chi connectivity index (χ3n) is 2.95. The smallest absolute Gasteiger partial charge is 0.0389 e. The van der Waals surface area contributed by atoms with Gasteiger partial charge in [0.15, 0.2) is 0 Å². The van der Waals surface area contributed by atoms with Gasteiger partial charge in [0.05, 0.1) is 0 Å². The summed E-state index contributed by atoms with van der Waals surface area (Å²) in [4.78, 5) is 0. The largest absolute Gasteiger partial charge is 0.0683 e. The van der Waals surface area contributed by atoms with Crippen LogP contribution in [0.1, 0.15) is 66.2 Å². The number of rotatable bonds is 2. The van der Waals surface area contributed by atoms with Gasteiger partial charge in [-0.15, -0.1) is 0 Å². The highest BCUT2D eigenvalue weighted by molar-refractivity contribution is 4.71. The Kier molecular flexibility index (Phi) is 7.64. The summed E-state index contributed by atoms with van der Waals surface area (Å²) in [6.07, 6.45) is 8.84. The van der Waals surface area contributed by atoms with Crippen molar-refractivity contribution < 1.29 is 0 Å². The van der Waals surface area contributed by atoms with Gasteiger partial charge in [-0.2, -0.15) is 0 Å². The van der Waals surface area contributed by atoms with E-state index in [1.165, 1.54) is 38.5 Å². The highest BCUT2D eigenvalue weighted by Gasteiger charge is 2.19. The maximum atomic E-state index is 2.43. The molecule has 1 saturated carbocycles. The van der Waals surface area contributed by atoms with E-state index in [-0.39, 0.29) is 0 Å². The molecule has 0 saturated heterocycles. The molecule has 1 aliphatic rings. The molecule has 1 aliphatic carbocycles. The van der Waals surface area contributed by atoms with Gasteiger partial charge in [0.25, 0.3) is 0 Å². The minimum absolute atomic E-state index is 1.02. The quantitative estimate of drug-likeness (QED) is 0.566. The standard InChI is InChI=1S/C10H20.C2H6/c1-3-6-10-8-5-4-7-9(10)2;1-2/h9-10H,3-8H2,1-2H3;1-2H3. The second kappa shape index (κ2) is 7.64. The highest BCUT2D eigenvalue weighted by Crippen LogP contribution is 2.32. The monoisotopic (exact) mass is 170 g/mol. The first-order chi connectivity index (χ1) is 5.84. The van der Waals surface area contributed by atoms with E-state index in [2.05, 4.69) is 13.8 Å². The first-order valence-electron chi connectivity index (χ1n) is 5.84. The maximum absolute atomic E-state index is 2.43. The summed E-state index contributed by atoms with van der Waals surface area (Å²) in [6, 6.07) is 0. The molecule has 0 aliphatic heterocycles. The predicted octanol–water partition coefficient (Wildman–Crippen LogP) is 4.64. The van der Waals surface area contributed by atoms with E-state index in [0.29, 0.717) is 0 Å². The van der Waals surface area contributed by atoms with E-state index in [9.17, 15) is 0 Å². The normalized spacial score (nSPS) is 29.0. The Morgan fingerprint density at radius 2 is 1.67 bits per heavy atom. The molecule has 0 nitrogen and oxygen atoms in total. The number of hydrogen-bond donors (Lipinski definition) is 0. The third-order valence-corrected chi connectivity index (χ3v) is 2.95. The van der Waals surface area contributed by atoms with Crippen LogP contribution in [0.3, 0.4) is 0 Å². The Bertz CT molecular complexity index is 84.0. The van der Waals surface area contributed by atoms with Gasteiger partial charge in [0, 0.05) is 0 Å². The van der Waals surface area contributed by atoms with Crippen LogP contribution in [0.15, 0.2) is 0 Å². The lowest BCUT2D eigenvalue weighted by Gasteiger charge is -2.28.